The number of amides is 3. The quantitative estimate of drug-likeness (QED) is 0.546. The van der Waals surface area contributed by atoms with Crippen LogP contribution in [0.3, 0.4) is 0 Å². The zero-order chi connectivity index (χ0) is 20.7. The standard InChI is InChI=1S/C22H18Cl2N2O3/c1-12-2-8-16-17(10-12)22(29)26(21(16)28)15-6-3-13(4-7-15)20(27)25-14-5-9-18(23)19(24)11-14/h2-7,9,11,16-17H,8,10H2,1H3,(H,25,27)/t16-,17+/m1/s1. The number of rotatable bonds is 3. The van der Waals surface area contributed by atoms with Gasteiger partial charge in [-0.25, -0.2) is 0 Å². The lowest BCUT2D eigenvalue weighted by Crippen LogP contribution is -2.30. The molecule has 7 heteroatoms. The first-order valence-electron chi connectivity index (χ1n) is 9.25. The van der Waals surface area contributed by atoms with Crippen LogP contribution in [0.15, 0.2) is 54.1 Å². The molecule has 2 aliphatic rings. The zero-order valence-corrected chi connectivity index (χ0v) is 17.1. The maximum Gasteiger partial charge on any atom is 0.255 e. The summed E-state index contributed by atoms with van der Waals surface area (Å²) in [5.41, 5.74) is 2.54. The molecule has 0 radical (unpaired) electrons. The summed E-state index contributed by atoms with van der Waals surface area (Å²) in [7, 11) is 0. The Hall–Kier alpha value is -2.63. The largest absolute Gasteiger partial charge is 0.322 e. The highest BCUT2D eigenvalue weighted by atomic mass is 35.5. The fourth-order valence-electron chi connectivity index (χ4n) is 3.83. The van der Waals surface area contributed by atoms with Crippen LogP contribution in [0.2, 0.25) is 10.0 Å². The van der Waals surface area contributed by atoms with Gasteiger partial charge < -0.3 is 5.32 Å². The summed E-state index contributed by atoms with van der Waals surface area (Å²) in [6.07, 6.45) is 3.25. The highest BCUT2D eigenvalue weighted by Gasteiger charge is 2.48. The van der Waals surface area contributed by atoms with Gasteiger partial charge in [0.2, 0.25) is 11.8 Å². The Morgan fingerprint density at radius 3 is 2.38 bits per heavy atom. The summed E-state index contributed by atoms with van der Waals surface area (Å²) in [6, 6.07) is 11.2. The molecule has 0 aromatic heterocycles. The van der Waals surface area contributed by atoms with Crippen molar-refractivity contribution in [2.45, 2.75) is 19.8 Å². The van der Waals surface area contributed by atoms with Gasteiger partial charge in [0.25, 0.3) is 5.91 Å². The van der Waals surface area contributed by atoms with Gasteiger partial charge in [0.15, 0.2) is 0 Å². The van der Waals surface area contributed by atoms with Gasteiger partial charge >= 0.3 is 0 Å². The topological polar surface area (TPSA) is 66.5 Å². The first kappa shape index (κ1) is 19.7. The molecule has 1 aliphatic carbocycles. The molecule has 1 saturated heterocycles. The number of benzene rings is 2. The number of hydrogen-bond acceptors (Lipinski definition) is 3. The van der Waals surface area contributed by atoms with Crippen LogP contribution < -0.4 is 10.2 Å². The molecule has 1 N–H and O–H groups in total. The van der Waals surface area contributed by atoms with Crippen LogP contribution in [0.1, 0.15) is 30.1 Å². The van der Waals surface area contributed by atoms with Gasteiger partial charge in [-0.1, -0.05) is 34.9 Å². The fourth-order valence-corrected chi connectivity index (χ4v) is 4.13. The molecule has 148 valence electrons. The van der Waals surface area contributed by atoms with Crippen molar-refractivity contribution in [1.82, 2.24) is 0 Å². The summed E-state index contributed by atoms with van der Waals surface area (Å²) in [6.45, 7) is 1.98. The van der Waals surface area contributed by atoms with E-state index in [1.54, 1.807) is 42.5 Å². The molecule has 4 rings (SSSR count). The number of allylic oxidation sites excluding steroid dienone is 2. The van der Waals surface area contributed by atoms with E-state index in [9.17, 15) is 14.4 Å². The van der Waals surface area contributed by atoms with E-state index in [2.05, 4.69) is 5.32 Å². The van der Waals surface area contributed by atoms with E-state index in [4.69, 9.17) is 23.2 Å². The van der Waals surface area contributed by atoms with E-state index in [1.165, 1.54) is 4.90 Å². The summed E-state index contributed by atoms with van der Waals surface area (Å²) in [5.74, 6) is -1.24. The zero-order valence-electron chi connectivity index (χ0n) is 15.6. The molecule has 1 fully saturated rings. The van der Waals surface area contributed by atoms with Gasteiger partial charge in [-0.05, 0) is 62.2 Å². The van der Waals surface area contributed by atoms with Gasteiger partial charge in [-0.15, -0.1) is 0 Å². The average molecular weight is 429 g/mol. The number of nitrogens with zero attached hydrogens (tertiary/aromatic N) is 1. The highest BCUT2D eigenvalue weighted by Crippen LogP contribution is 2.39. The van der Waals surface area contributed by atoms with E-state index in [0.717, 1.165) is 5.57 Å². The van der Waals surface area contributed by atoms with Crippen molar-refractivity contribution in [3.8, 4) is 0 Å². The summed E-state index contributed by atoms with van der Waals surface area (Å²) in [5, 5.41) is 3.49. The van der Waals surface area contributed by atoms with Crippen LogP contribution in [-0.4, -0.2) is 17.7 Å². The van der Waals surface area contributed by atoms with Gasteiger partial charge in [0.05, 0.1) is 27.6 Å². The smallest absolute Gasteiger partial charge is 0.255 e. The second-order valence-electron chi connectivity index (χ2n) is 7.35. The Morgan fingerprint density at radius 2 is 1.69 bits per heavy atom. The maximum absolute atomic E-state index is 12.8. The van der Waals surface area contributed by atoms with E-state index < -0.39 is 0 Å². The molecule has 1 aliphatic heterocycles. The average Bonchev–Trinajstić information content (AvgIpc) is 2.94. The summed E-state index contributed by atoms with van der Waals surface area (Å²) < 4.78 is 0. The van der Waals surface area contributed by atoms with Crippen molar-refractivity contribution >= 4 is 52.3 Å². The third-order valence-electron chi connectivity index (χ3n) is 5.39. The van der Waals surface area contributed by atoms with Gasteiger partial charge in [-0.2, -0.15) is 0 Å². The summed E-state index contributed by atoms with van der Waals surface area (Å²) in [4.78, 5) is 39.3. The van der Waals surface area contributed by atoms with Crippen LogP contribution in [-0.2, 0) is 9.59 Å². The molecule has 5 nitrogen and oxygen atoms in total. The molecule has 2 atom stereocenters. The van der Waals surface area contributed by atoms with E-state index in [1.807, 2.05) is 13.0 Å². The van der Waals surface area contributed by atoms with Crippen LogP contribution in [0, 0.1) is 11.8 Å². The molecule has 29 heavy (non-hydrogen) atoms. The number of carbonyl (C=O) groups is 3. The molecule has 2 aromatic rings. The monoisotopic (exact) mass is 428 g/mol. The first-order chi connectivity index (χ1) is 13.8. The minimum Gasteiger partial charge on any atom is -0.322 e. The number of carbonyl (C=O) groups excluding carboxylic acids is 3. The molecule has 0 bridgehead atoms. The lowest BCUT2D eigenvalue weighted by Gasteiger charge is -2.18. The first-order valence-corrected chi connectivity index (χ1v) is 10.0. The van der Waals surface area contributed by atoms with Gasteiger partial charge in [-0.3, -0.25) is 19.3 Å². The molecule has 0 unspecified atom stereocenters. The normalized spacial score (nSPS) is 21.1. The second-order valence-corrected chi connectivity index (χ2v) is 8.16. The molecular weight excluding hydrogens is 411 g/mol. The lowest BCUT2D eigenvalue weighted by molar-refractivity contribution is -0.122. The Morgan fingerprint density at radius 1 is 1.00 bits per heavy atom. The third-order valence-corrected chi connectivity index (χ3v) is 6.13. The Bertz CT molecular complexity index is 1050. The molecule has 0 spiro atoms. The molecule has 1 heterocycles. The third kappa shape index (κ3) is 3.68. The number of halogens is 2. The Labute approximate surface area is 178 Å². The van der Waals surface area contributed by atoms with Crippen molar-refractivity contribution in [3.05, 3.63) is 69.7 Å². The molecule has 3 amide bonds. The number of hydrogen-bond donors (Lipinski definition) is 1. The maximum atomic E-state index is 12.8. The molecule has 2 aromatic carbocycles. The van der Waals surface area contributed by atoms with Crippen molar-refractivity contribution in [2.75, 3.05) is 10.2 Å². The predicted octanol–water partition coefficient (Wildman–Crippen LogP) is 5.09. The lowest BCUT2D eigenvalue weighted by atomic mass is 9.82. The Kier molecular flexibility index (Phi) is 5.19. The fraction of sp³-hybridized carbons (Fsp3) is 0.227. The van der Waals surface area contributed by atoms with Crippen molar-refractivity contribution in [1.29, 1.82) is 0 Å². The van der Waals surface area contributed by atoms with Crippen LogP contribution >= 0.6 is 23.2 Å². The van der Waals surface area contributed by atoms with Crippen molar-refractivity contribution in [3.63, 3.8) is 0 Å². The van der Waals surface area contributed by atoms with Crippen LogP contribution in [0.25, 0.3) is 0 Å². The van der Waals surface area contributed by atoms with Gasteiger partial charge in [0, 0.05) is 11.3 Å². The van der Waals surface area contributed by atoms with E-state index in [0.29, 0.717) is 39.8 Å². The van der Waals surface area contributed by atoms with E-state index in [-0.39, 0.29) is 29.6 Å². The highest BCUT2D eigenvalue weighted by molar-refractivity contribution is 6.42. The minimum atomic E-state index is -0.331. The number of imide groups is 1. The SMILES string of the molecule is CC1=CC[C@H]2C(=O)N(c3ccc(C(=O)Nc4ccc(Cl)c(Cl)c4)cc3)C(=O)[C@H]2C1. The van der Waals surface area contributed by atoms with E-state index >= 15 is 0 Å². The molecule has 0 saturated carbocycles. The van der Waals surface area contributed by atoms with Crippen LogP contribution in [0.4, 0.5) is 11.4 Å². The number of nitrogens with one attached hydrogen (secondary N) is 1. The molecular formula is C22H18Cl2N2O3. The van der Waals surface area contributed by atoms with Gasteiger partial charge in [0.1, 0.15) is 0 Å². The second kappa shape index (κ2) is 7.65. The van der Waals surface area contributed by atoms with Crippen LogP contribution in [0.5, 0.6) is 0 Å². The minimum absolute atomic E-state index is 0.166. The summed E-state index contributed by atoms with van der Waals surface area (Å²) >= 11 is 11.9. The predicted molar refractivity (Wildman–Crippen MR) is 113 cm³/mol. The van der Waals surface area contributed by atoms with Crippen molar-refractivity contribution < 1.29 is 14.4 Å². The Balaban J connectivity index is 1.50. The van der Waals surface area contributed by atoms with Crippen molar-refractivity contribution in [2.24, 2.45) is 11.8 Å². The number of anilines is 2. The number of fused-ring (bicyclic) bond motifs is 1.